The van der Waals surface area contributed by atoms with Crippen molar-refractivity contribution in [2.24, 2.45) is 11.8 Å². The van der Waals surface area contributed by atoms with E-state index in [1.807, 2.05) is 0 Å². The molecule has 2 heteroatoms. The lowest BCUT2D eigenvalue weighted by molar-refractivity contribution is 0.113. The van der Waals surface area contributed by atoms with Crippen LogP contribution in [0.4, 0.5) is 0 Å². The number of hydrogen-bond acceptors (Lipinski definition) is 2. The lowest BCUT2D eigenvalue weighted by Gasteiger charge is -2.40. The van der Waals surface area contributed by atoms with Gasteiger partial charge in [-0.15, -0.1) is 0 Å². The molecule has 1 saturated carbocycles. The Morgan fingerprint density at radius 3 is 2.70 bits per heavy atom. The van der Waals surface area contributed by atoms with Crippen molar-refractivity contribution < 1.29 is 0 Å². The third-order valence-electron chi connectivity index (χ3n) is 5.59. The second-order valence-electron chi connectivity index (χ2n) is 6.58. The average molecular weight is 272 g/mol. The van der Waals surface area contributed by atoms with Crippen LogP contribution in [0.25, 0.3) is 0 Å². The van der Waals surface area contributed by atoms with Gasteiger partial charge < -0.3 is 5.32 Å². The van der Waals surface area contributed by atoms with Crippen molar-refractivity contribution in [2.45, 2.75) is 45.2 Å². The SMILES string of the molecule is CCC1CCC(N2CCNC(c3ccccc3)C2)C1C. The third kappa shape index (κ3) is 2.77. The van der Waals surface area contributed by atoms with E-state index in [0.29, 0.717) is 6.04 Å². The molecule has 0 amide bonds. The maximum atomic E-state index is 3.69. The van der Waals surface area contributed by atoms with Gasteiger partial charge in [0.15, 0.2) is 0 Å². The van der Waals surface area contributed by atoms with Crippen molar-refractivity contribution in [2.75, 3.05) is 19.6 Å². The van der Waals surface area contributed by atoms with Gasteiger partial charge in [-0.2, -0.15) is 0 Å². The molecule has 4 unspecified atom stereocenters. The molecular weight excluding hydrogens is 244 g/mol. The quantitative estimate of drug-likeness (QED) is 0.906. The maximum Gasteiger partial charge on any atom is 0.0449 e. The number of nitrogens with zero attached hydrogens (tertiary/aromatic N) is 1. The average Bonchev–Trinajstić information content (AvgIpc) is 2.89. The molecule has 1 aromatic rings. The van der Waals surface area contributed by atoms with Gasteiger partial charge in [0.2, 0.25) is 0 Å². The number of hydrogen-bond donors (Lipinski definition) is 1. The van der Waals surface area contributed by atoms with Crippen LogP contribution in [0.15, 0.2) is 30.3 Å². The predicted molar refractivity (Wildman–Crippen MR) is 84.7 cm³/mol. The lowest BCUT2D eigenvalue weighted by Crippen LogP contribution is -2.51. The standard InChI is InChI=1S/C18H28N2/c1-3-15-9-10-18(14(15)2)20-12-11-19-17(13-20)16-7-5-4-6-8-16/h4-8,14-15,17-19H,3,9-13H2,1-2H3. The summed E-state index contributed by atoms with van der Waals surface area (Å²) in [5.41, 5.74) is 1.44. The highest BCUT2D eigenvalue weighted by molar-refractivity contribution is 5.20. The minimum Gasteiger partial charge on any atom is -0.308 e. The smallest absolute Gasteiger partial charge is 0.0449 e. The molecule has 1 aliphatic heterocycles. The van der Waals surface area contributed by atoms with Crippen LogP contribution in [0, 0.1) is 11.8 Å². The molecule has 1 N–H and O–H groups in total. The molecule has 1 heterocycles. The van der Waals surface area contributed by atoms with Crippen LogP contribution in [0.3, 0.4) is 0 Å². The second-order valence-corrected chi connectivity index (χ2v) is 6.58. The first-order chi connectivity index (χ1) is 9.79. The van der Waals surface area contributed by atoms with E-state index in [-0.39, 0.29) is 0 Å². The van der Waals surface area contributed by atoms with Gasteiger partial charge >= 0.3 is 0 Å². The van der Waals surface area contributed by atoms with Gasteiger partial charge in [0.1, 0.15) is 0 Å². The molecule has 4 atom stereocenters. The fraction of sp³-hybridized carbons (Fsp3) is 0.667. The Hall–Kier alpha value is -0.860. The highest BCUT2D eigenvalue weighted by Crippen LogP contribution is 2.37. The van der Waals surface area contributed by atoms with Gasteiger partial charge in [-0.05, 0) is 30.2 Å². The first-order valence-corrected chi connectivity index (χ1v) is 8.32. The van der Waals surface area contributed by atoms with E-state index in [0.717, 1.165) is 24.4 Å². The maximum absolute atomic E-state index is 3.69. The minimum atomic E-state index is 0.512. The fourth-order valence-electron chi connectivity index (χ4n) is 4.30. The van der Waals surface area contributed by atoms with Crippen molar-refractivity contribution in [1.29, 1.82) is 0 Å². The molecule has 0 bridgehead atoms. The molecule has 110 valence electrons. The molecule has 0 radical (unpaired) electrons. The summed E-state index contributed by atoms with van der Waals surface area (Å²) < 4.78 is 0. The van der Waals surface area contributed by atoms with Crippen molar-refractivity contribution in [1.82, 2.24) is 10.2 Å². The highest BCUT2D eigenvalue weighted by Gasteiger charge is 2.37. The summed E-state index contributed by atoms with van der Waals surface area (Å²) in [6.45, 7) is 8.35. The molecule has 1 saturated heterocycles. The topological polar surface area (TPSA) is 15.3 Å². The Kier molecular flexibility index (Phi) is 4.42. The van der Waals surface area contributed by atoms with Crippen LogP contribution < -0.4 is 5.32 Å². The Morgan fingerprint density at radius 1 is 1.20 bits per heavy atom. The van der Waals surface area contributed by atoms with E-state index in [1.165, 1.54) is 37.9 Å². The molecule has 20 heavy (non-hydrogen) atoms. The molecule has 2 fully saturated rings. The van der Waals surface area contributed by atoms with Gasteiger partial charge in [0.05, 0.1) is 0 Å². The number of rotatable bonds is 3. The van der Waals surface area contributed by atoms with Gasteiger partial charge in [-0.25, -0.2) is 0 Å². The third-order valence-corrected chi connectivity index (χ3v) is 5.59. The summed E-state index contributed by atoms with van der Waals surface area (Å²) in [5.74, 6) is 1.82. The number of nitrogens with one attached hydrogen (secondary N) is 1. The Morgan fingerprint density at radius 2 is 2.00 bits per heavy atom. The highest BCUT2D eigenvalue weighted by atomic mass is 15.2. The second kappa shape index (κ2) is 6.28. The van der Waals surface area contributed by atoms with Crippen molar-refractivity contribution >= 4 is 0 Å². The molecular formula is C18H28N2. The number of piperazine rings is 1. The largest absolute Gasteiger partial charge is 0.308 e. The van der Waals surface area contributed by atoms with E-state index < -0.39 is 0 Å². The first-order valence-electron chi connectivity index (χ1n) is 8.32. The number of benzene rings is 1. The van der Waals surface area contributed by atoms with Crippen LogP contribution in [0.5, 0.6) is 0 Å². The Bertz CT molecular complexity index is 417. The predicted octanol–water partition coefficient (Wildman–Crippen LogP) is 3.46. The van der Waals surface area contributed by atoms with E-state index in [9.17, 15) is 0 Å². The summed E-state index contributed by atoms with van der Waals surface area (Å²) >= 11 is 0. The summed E-state index contributed by atoms with van der Waals surface area (Å²) in [5, 5.41) is 3.69. The van der Waals surface area contributed by atoms with Gasteiger partial charge in [-0.3, -0.25) is 4.90 Å². The Balaban J connectivity index is 1.67. The van der Waals surface area contributed by atoms with Crippen molar-refractivity contribution in [3.63, 3.8) is 0 Å². The monoisotopic (exact) mass is 272 g/mol. The lowest BCUT2D eigenvalue weighted by atomic mass is 9.92. The zero-order valence-electron chi connectivity index (χ0n) is 12.9. The molecule has 3 rings (SSSR count). The summed E-state index contributed by atoms with van der Waals surface area (Å²) in [7, 11) is 0. The van der Waals surface area contributed by atoms with E-state index in [4.69, 9.17) is 0 Å². The van der Waals surface area contributed by atoms with Gasteiger partial charge in [0, 0.05) is 31.7 Å². The summed E-state index contributed by atoms with van der Waals surface area (Å²) in [6, 6.07) is 12.3. The van der Waals surface area contributed by atoms with E-state index in [1.54, 1.807) is 0 Å². The Labute approximate surface area is 123 Å². The van der Waals surface area contributed by atoms with Gasteiger partial charge in [-0.1, -0.05) is 50.6 Å². The van der Waals surface area contributed by atoms with Crippen molar-refractivity contribution in [3.8, 4) is 0 Å². The zero-order chi connectivity index (χ0) is 13.9. The molecule has 0 spiro atoms. The van der Waals surface area contributed by atoms with Crippen LogP contribution in [-0.4, -0.2) is 30.6 Å². The van der Waals surface area contributed by atoms with Crippen LogP contribution in [-0.2, 0) is 0 Å². The molecule has 1 aliphatic carbocycles. The molecule has 2 nitrogen and oxygen atoms in total. The molecule has 0 aromatic heterocycles. The normalized spacial score (nSPS) is 35.3. The minimum absolute atomic E-state index is 0.512. The van der Waals surface area contributed by atoms with E-state index in [2.05, 4.69) is 54.4 Å². The fourth-order valence-corrected chi connectivity index (χ4v) is 4.30. The van der Waals surface area contributed by atoms with Gasteiger partial charge in [0.25, 0.3) is 0 Å². The molecule has 1 aromatic carbocycles. The van der Waals surface area contributed by atoms with E-state index >= 15 is 0 Å². The summed E-state index contributed by atoms with van der Waals surface area (Å²) in [6.07, 6.45) is 4.19. The molecule has 2 aliphatic rings. The zero-order valence-corrected chi connectivity index (χ0v) is 12.9. The summed E-state index contributed by atoms with van der Waals surface area (Å²) in [4.78, 5) is 2.76. The first kappa shape index (κ1) is 14.1. The van der Waals surface area contributed by atoms with Crippen LogP contribution >= 0.6 is 0 Å². The van der Waals surface area contributed by atoms with Crippen molar-refractivity contribution in [3.05, 3.63) is 35.9 Å². The van der Waals surface area contributed by atoms with Crippen LogP contribution in [0.2, 0.25) is 0 Å². The van der Waals surface area contributed by atoms with Crippen LogP contribution in [0.1, 0.15) is 44.7 Å².